The van der Waals surface area contributed by atoms with Gasteiger partial charge in [0.2, 0.25) is 5.91 Å². The highest BCUT2D eigenvalue weighted by atomic mass is 16.2. The van der Waals surface area contributed by atoms with Gasteiger partial charge in [-0.05, 0) is 37.5 Å². The number of aryl methyl sites for hydroxylation is 1. The molecule has 1 aromatic carbocycles. The second kappa shape index (κ2) is 6.91. The number of carbonyl (C=O) groups excluding carboxylic acids is 2. The number of hydrogen-bond acceptors (Lipinski definition) is 3. The maximum atomic E-state index is 12.3. The Labute approximate surface area is 124 Å². The summed E-state index contributed by atoms with van der Waals surface area (Å²) in [5.41, 5.74) is 7.47. The third-order valence-corrected chi connectivity index (χ3v) is 3.41. The molecule has 0 spiro atoms. The second-order valence-electron chi connectivity index (χ2n) is 4.99. The first kappa shape index (κ1) is 15.1. The van der Waals surface area contributed by atoms with Gasteiger partial charge in [0.1, 0.15) is 6.04 Å². The van der Waals surface area contributed by atoms with Crippen LogP contribution in [0.2, 0.25) is 0 Å². The zero-order chi connectivity index (χ0) is 15.2. The fourth-order valence-corrected chi connectivity index (χ4v) is 2.24. The molecule has 0 aromatic heterocycles. The highest BCUT2D eigenvalue weighted by molar-refractivity contribution is 5.99. The van der Waals surface area contributed by atoms with E-state index in [0.717, 1.165) is 17.5 Å². The number of piperidine rings is 1. The molecular formula is C16H19N3O2. The molecule has 4 N–H and O–H groups in total. The summed E-state index contributed by atoms with van der Waals surface area (Å²) >= 11 is 0. The maximum Gasteiger partial charge on any atom is 0.252 e. The largest absolute Gasteiger partial charge is 0.354 e. The van der Waals surface area contributed by atoms with Gasteiger partial charge in [0.05, 0.1) is 6.54 Å². The van der Waals surface area contributed by atoms with Crippen LogP contribution in [0.4, 0.5) is 0 Å². The number of amides is 2. The number of carbonyl (C=O) groups is 2. The van der Waals surface area contributed by atoms with Gasteiger partial charge in [-0.3, -0.25) is 9.59 Å². The number of hydrogen-bond donors (Lipinski definition) is 3. The molecule has 1 heterocycles. The Hall–Kier alpha value is -2.32. The van der Waals surface area contributed by atoms with Gasteiger partial charge >= 0.3 is 0 Å². The molecule has 1 aliphatic heterocycles. The summed E-state index contributed by atoms with van der Waals surface area (Å²) in [4.78, 5) is 24.0. The number of nitrogens with two attached hydrogens (primary N) is 1. The van der Waals surface area contributed by atoms with Gasteiger partial charge < -0.3 is 16.4 Å². The molecule has 0 aliphatic carbocycles. The van der Waals surface area contributed by atoms with Crippen LogP contribution in [-0.2, 0) is 4.79 Å². The number of benzene rings is 1. The summed E-state index contributed by atoms with van der Waals surface area (Å²) in [5, 5.41) is 5.54. The number of nitrogens with one attached hydrogen (secondary N) is 2. The topological polar surface area (TPSA) is 84.2 Å². The van der Waals surface area contributed by atoms with E-state index in [9.17, 15) is 9.59 Å². The van der Waals surface area contributed by atoms with Gasteiger partial charge in [0.25, 0.3) is 5.91 Å². The molecule has 0 radical (unpaired) electrons. The van der Waals surface area contributed by atoms with Crippen LogP contribution in [0, 0.1) is 18.8 Å². The molecule has 1 atom stereocenters. The van der Waals surface area contributed by atoms with Crippen LogP contribution < -0.4 is 16.4 Å². The fraction of sp³-hybridized carbons (Fsp3) is 0.375. The lowest BCUT2D eigenvalue weighted by Crippen LogP contribution is -2.50. The predicted octanol–water partition coefficient (Wildman–Crippen LogP) is 0.314. The van der Waals surface area contributed by atoms with Crippen molar-refractivity contribution in [2.45, 2.75) is 25.8 Å². The first-order valence-electron chi connectivity index (χ1n) is 7.00. The van der Waals surface area contributed by atoms with Gasteiger partial charge in [-0.15, -0.1) is 0 Å². The first-order chi connectivity index (χ1) is 10.1. The van der Waals surface area contributed by atoms with E-state index in [-0.39, 0.29) is 18.4 Å². The van der Waals surface area contributed by atoms with Crippen LogP contribution in [-0.4, -0.2) is 30.9 Å². The van der Waals surface area contributed by atoms with Crippen molar-refractivity contribution in [3.8, 4) is 11.8 Å². The summed E-state index contributed by atoms with van der Waals surface area (Å²) in [6.45, 7) is 2.81. The maximum absolute atomic E-state index is 12.3. The van der Waals surface area contributed by atoms with Crippen molar-refractivity contribution in [3.05, 3.63) is 34.9 Å². The summed E-state index contributed by atoms with van der Waals surface area (Å²) < 4.78 is 0. The third-order valence-electron chi connectivity index (χ3n) is 3.41. The molecular weight excluding hydrogens is 266 g/mol. The molecule has 1 aromatic rings. The van der Waals surface area contributed by atoms with Crippen LogP contribution in [0.1, 0.15) is 34.3 Å². The normalized spacial score (nSPS) is 17.4. The molecule has 0 bridgehead atoms. The van der Waals surface area contributed by atoms with E-state index < -0.39 is 6.04 Å². The van der Waals surface area contributed by atoms with Crippen LogP contribution in [0.3, 0.4) is 0 Å². The van der Waals surface area contributed by atoms with E-state index in [0.29, 0.717) is 18.5 Å². The van der Waals surface area contributed by atoms with E-state index in [1.54, 1.807) is 6.07 Å². The average Bonchev–Trinajstić information content (AvgIpc) is 2.48. The standard InChI is InChI=1S/C16H19N3O2/c1-11-6-7-12(4-2-8-17)10-13(11)15(20)19-14-5-3-9-18-16(14)21/h6-7,10,14H,3,5,8-9,17H2,1H3,(H,18,21)(H,19,20). The highest BCUT2D eigenvalue weighted by Crippen LogP contribution is 2.12. The summed E-state index contributed by atoms with van der Waals surface area (Å²) in [7, 11) is 0. The van der Waals surface area contributed by atoms with E-state index in [2.05, 4.69) is 22.5 Å². The molecule has 21 heavy (non-hydrogen) atoms. The van der Waals surface area contributed by atoms with E-state index >= 15 is 0 Å². The van der Waals surface area contributed by atoms with Crippen LogP contribution in [0.25, 0.3) is 0 Å². The number of rotatable bonds is 2. The van der Waals surface area contributed by atoms with E-state index in [1.807, 2.05) is 19.1 Å². The fourth-order valence-electron chi connectivity index (χ4n) is 2.24. The average molecular weight is 285 g/mol. The SMILES string of the molecule is Cc1ccc(C#CCN)cc1C(=O)NC1CCCNC1=O. The van der Waals surface area contributed by atoms with Crippen molar-refractivity contribution in [1.29, 1.82) is 0 Å². The van der Waals surface area contributed by atoms with Gasteiger partial charge in [-0.1, -0.05) is 17.9 Å². The molecule has 2 amide bonds. The quantitative estimate of drug-likeness (QED) is 0.684. The minimum absolute atomic E-state index is 0.119. The Morgan fingerprint density at radius 1 is 1.52 bits per heavy atom. The molecule has 1 aliphatic rings. The van der Waals surface area contributed by atoms with Crippen LogP contribution in [0.5, 0.6) is 0 Å². The minimum atomic E-state index is -0.454. The van der Waals surface area contributed by atoms with Crippen molar-refractivity contribution in [3.63, 3.8) is 0 Å². The van der Waals surface area contributed by atoms with Crippen molar-refractivity contribution < 1.29 is 9.59 Å². The molecule has 5 heteroatoms. The van der Waals surface area contributed by atoms with Gasteiger partial charge in [-0.2, -0.15) is 0 Å². The predicted molar refractivity (Wildman–Crippen MR) is 80.6 cm³/mol. The lowest BCUT2D eigenvalue weighted by molar-refractivity contribution is -0.124. The minimum Gasteiger partial charge on any atom is -0.354 e. The van der Waals surface area contributed by atoms with Gasteiger partial charge in [0, 0.05) is 17.7 Å². The molecule has 1 saturated heterocycles. The van der Waals surface area contributed by atoms with Crippen molar-refractivity contribution in [2.75, 3.05) is 13.1 Å². The molecule has 1 unspecified atom stereocenters. The second-order valence-corrected chi connectivity index (χ2v) is 4.99. The smallest absolute Gasteiger partial charge is 0.252 e. The molecule has 0 saturated carbocycles. The van der Waals surface area contributed by atoms with E-state index in [1.165, 1.54) is 0 Å². The Morgan fingerprint density at radius 2 is 2.33 bits per heavy atom. The third kappa shape index (κ3) is 3.83. The van der Waals surface area contributed by atoms with Gasteiger partial charge in [-0.25, -0.2) is 0 Å². The zero-order valence-electron chi connectivity index (χ0n) is 12.0. The Balaban J connectivity index is 2.16. The summed E-state index contributed by atoms with van der Waals surface area (Å²) in [6, 6.07) is 4.97. The Kier molecular flexibility index (Phi) is 4.96. The highest BCUT2D eigenvalue weighted by Gasteiger charge is 2.24. The van der Waals surface area contributed by atoms with Gasteiger partial charge in [0.15, 0.2) is 0 Å². The molecule has 2 rings (SSSR count). The van der Waals surface area contributed by atoms with Crippen molar-refractivity contribution >= 4 is 11.8 Å². The van der Waals surface area contributed by atoms with E-state index in [4.69, 9.17) is 5.73 Å². The molecule has 110 valence electrons. The lowest BCUT2D eigenvalue weighted by atomic mass is 10.0. The Bertz CT molecular complexity index is 614. The summed E-state index contributed by atoms with van der Waals surface area (Å²) in [6.07, 6.45) is 1.54. The summed E-state index contributed by atoms with van der Waals surface area (Å²) in [5.74, 6) is 5.30. The lowest BCUT2D eigenvalue weighted by Gasteiger charge is -2.23. The first-order valence-corrected chi connectivity index (χ1v) is 7.00. The van der Waals surface area contributed by atoms with Crippen LogP contribution >= 0.6 is 0 Å². The van der Waals surface area contributed by atoms with Crippen molar-refractivity contribution in [1.82, 2.24) is 10.6 Å². The van der Waals surface area contributed by atoms with Crippen LogP contribution in [0.15, 0.2) is 18.2 Å². The Morgan fingerprint density at radius 3 is 3.05 bits per heavy atom. The molecule has 1 fully saturated rings. The zero-order valence-corrected chi connectivity index (χ0v) is 12.0. The van der Waals surface area contributed by atoms with Crippen molar-refractivity contribution in [2.24, 2.45) is 5.73 Å². The molecule has 5 nitrogen and oxygen atoms in total. The monoisotopic (exact) mass is 285 g/mol.